The number of hydrogen-bond donors (Lipinski definition) is 1. The molecule has 1 aromatic carbocycles. The molecule has 9 heteroatoms. The molecule has 3 aromatic rings. The summed E-state index contributed by atoms with van der Waals surface area (Å²) in [7, 11) is 1.41. The maximum Gasteiger partial charge on any atom is 0.387 e. The van der Waals surface area contributed by atoms with Crippen molar-refractivity contribution < 1.29 is 18.3 Å². The molecule has 0 unspecified atom stereocenters. The maximum atomic E-state index is 12.7. The third kappa shape index (κ3) is 4.88. The highest BCUT2D eigenvalue weighted by Gasteiger charge is 2.20. The first kappa shape index (κ1) is 20.9. The van der Waals surface area contributed by atoms with Gasteiger partial charge in [-0.25, -0.2) is 4.98 Å². The van der Waals surface area contributed by atoms with Crippen LogP contribution in [0.1, 0.15) is 16.8 Å². The number of pyridine rings is 1. The average molecular weight is 428 g/mol. The van der Waals surface area contributed by atoms with Gasteiger partial charge in [-0.3, -0.25) is 14.7 Å². The molecule has 162 valence electrons. The SMILES string of the molecule is COc1ccc(CN2CCc3nc(-c4ccccn4)[nH]c(=O)c3CC2)cc1OC(F)F. The molecule has 0 saturated carbocycles. The summed E-state index contributed by atoms with van der Waals surface area (Å²) in [5, 5.41) is 0. The molecule has 0 bridgehead atoms. The molecular weight excluding hydrogens is 406 g/mol. The van der Waals surface area contributed by atoms with Crippen LogP contribution in [0.4, 0.5) is 8.78 Å². The summed E-state index contributed by atoms with van der Waals surface area (Å²) in [6, 6.07) is 10.4. The van der Waals surface area contributed by atoms with Gasteiger partial charge in [-0.05, 0) is 36.2 Å². The number of hydrogen-bond acceptors (Lipinski definition) is 6. The van der Waals surface area contributed by atoms with Crippen molar-refractivity contribution in [1.29, 1.82) is 0 Å². The van der Waals surface area contributed by atoms with Crippen molar-refractivity contribution in [3.05, 3.63) is 69.8 Å². The fourth-order valence-electron chi connectivity index (χ4n) is 3.70. The number of ether oxygens (including phenoxy) is 2. The van der Waals surface area contributed by atoms with Crippen molar-refractivity contribution in [2.45, 2.75) is 26.0 Å². The molecule has 0 radical (unpaired) electrons. The second-order valence-electron chi connectivity index (χ2n) is 7.19. The molecule has 3 heterocycles. The number of methoxy groups -OCH3 is 1. The molecule has 0 atom stereocenters. The molecule has 1 N–H and O–H groups in total. The minimum atomic E-state index is -2.93. The van der Waals surface area contributed by atoms with E-state index >= 15 is 0 Å². The molecule has 1 aliphatic rings. The van der Waals surface area contributed by atoms with Gasteiger partial charge in [0.2, 0.25) is 0 Å². The Balaban J connectivity index is 1.51. The van der Waals surface area contributed by atoms with E-state index < -0.39 is 6.61 Å². The molecule has 0 spiro atoms. The number of aromatic nitrogens is 3. The van der Waals surface area contributed by atoms with Crippen molar-refractivity contribution >= 4 is 0 Å². The Morgan fingerprint density at radius 3 is 2.74 bits per heavy atom. The molecule has 31 heavy (non-hydrogen) atoms. The predicted octanol–water partition coefficient (Wildman–Crippen LogP) is 3.04. The smallest absolute Gasteiger partial charge is 0.387 e. The zero-order valence-electron chi connectivity index (χ0n) is 17.0. The number of H-pyrrole nitrogens is 1. The number of nitrogens with zero attached hydrogens (tertiary/aromatic N) is 3. The number of alkyl halides is 2. The Kier molecular flexibility index (Phi) is 6.22. The van der Waals surface area contributed by atoms with E-state index in [9.17, 15) is 13.6 Å². The van der Waals surface area contributed by atoms with Crippen molar-refractivity contribution in [3.63, 3.8) is 0 Å². The fourth-order valence-corrected chi connectivity index (χ4v) is 3.70. The van der Waals surface area contributed by atoms with E-state index in [2.05, 4.69) is 24.6 Å². The molecule has 4 rings (SSSR count). The quantitative estimate of drug-likeness (QED) is 0.650. The van der Waals surface area contributed by atoms with E-state index in [1.54, 1.807) is 30.5 Å². The molecule has 0 amide bonds. The monoisotopic (exact) mass is 428 g/mol. The largest absolute Gasteiger partial charge is 0.493 e. The molecule has 0 saturated heterocycles. The third-order valence-corrected chi connectivity index (χ3v) is 5.20. The molecule has 7 nitrogen and oxygen atoms in total. The standard InChI is InChI=1S/C22H22F2N4O3/c1-30-18-6-5-14(12-19(18)31-22(23)24)13-28-10-7-15-16(8-11-28)26-20(27-21(15)29)17-4-2-3-9-25-17/h2-6,9,12,22H,7-8,10-11,13H2,1H3,(H,26,27,29). The number of halogens is 2. The summed E-state index contributed by atoms with van der Waals surface area (Å²) < 4.78 is 35.1. The molecular formula is C22H22F2N4O3. The second-order valence-corrected chi connectivity index (χ2v) is 7.19. The first-order chi connectivity index (χ1) is 15.0. The van der Waals surface area contributed by atoms with Crippen LogP contribution < -0.4 is 15.0 Å². The Bertz CT molecular complexity index is 1110. The Labute approximate surface area is 177 Å². The number of aromatic amines is 1. The van der Waals surface area contributed by atoms with Gasteiger partial charge >= 0.3 is 6.61 Å². The van der Waals surface area contributed by atoms with Crippen LogP contribution in [0.2, 0.25) is 0 Å². The van der Waals surface area contributed by atoms with Crippen LogP contribution in [0, 0.1) is 0 Å². The average Bonchev–Trinajstić information content (AvgIpc) is 2.97. The lowest BCUT2D eigenvalue weighted by atomic mass is 10.1. The maximum absolute atomic E-state index is 12.7. The highest BCUT2D eigenvalue weighted by Crippen LogP contribution is 2.30. The highest BCUT2D eigenvalue weighted by molar-refractivity contribution is 5.49. The van der Waals surface area contributed by atoms with E-state index in [1.165, 1.54) is 7.11 Å². The fraction of sp³-hybridized carbons (Fsp3) is 0.318. The molecule has 1 aliphatic heterocycles. The van der Waals surface area contributed by atoms with Gasteiger partial charge in [-0.15, -0.1) is 0 Å². The van der Waals surface area contributed by atoms with Crippen LogP contribution >= 0.6 is 0 Å². The third-order valence-electron chi connectivity index (χ3n) is 5.20. The lowest BCUT2D eigenvalue weighted by molar-refractivity contribution is -0.0512. The minimum absolute atomic E-state index is 0.00576. The van der Waals surface area contributed by atoms with Gasteiger partial charge in [0.05, 0.1) is 12.8 Å². The summed E-state index contributed by atoms with van der Waals surface area (Å²) >= 11 is 0. The van der Waals surface area contributed by atoms with Gasteiger partial charge in [0.15, 0.2) is 17.3 Å². The van der Waals surface area contributed by atoms with Gasteiger partial charge < -0.3 is 14.5 Å². The van der Waals surface area contributed by atoms with Gasteiger partial charge in [0.25, 0.3) is 5.56 Å². The minimum Gasteiger partial charge on any atom is -0.493 e. The van der Waals surface area contributed by atoms with E-state index in [0.29, 0.717) is 49.6 Å². The van der Waals surface area contributed by atoms with Crippen LogP contribution in [-0.2, 0) is 19.4 Å². The molecule has 0 fully saturated rings. The summed E-state index contributed by atoms with van der Waals surface area (Å²) in [5.74, 6) is 0.720. The lowest BCUT2D eigenvalue weighted by Gasteiger charge is -2.20. The zero-order valence-corrected chi connectivity index (χ0v) is 17.0. The van der Waals surface area contributed by atoms with Crippen molar-refractivity contribution in [1.82, 2.24) is 19.9 Å². The van der Waals surface area contributed by atoms with E-state index in [0.717, 1.165) is 11.3 Å². The van der Waals surface area contributed by atoms with Gasteiger partial charge in [0, 0.05) is 37.8 Å². The van der Waals surface area contributed by atoms with Crippen molar-refractivity contribution in [2.75, 3.05) is 20.2 Å². The number of fused-ring (bicyclic) bond motifs is 1. The van der Waals surface area contributed by atoms with E-state index in [-0.39, 0.29) is 17.1 Å². The molecule has 0 aliphatic carbocycles. The van der Waals surface area contributed by atoms with Crippen LogP contribution in [0.5, 0.6) is 11.5 Å². The molecule has 2 aromatic heterocycles. The second kappa shape index (κ2) is 9.22. The van der Waals surface area contributed by atoms with Crippen LogP contribution in [-0.4, -0.2) is 46.7 Å². The van der Waals surface area contributed by atoms with Gasteiger partial charge in [-0.2, -0.15) is 8.78 Å². The summed E-state index contributed by atoms with van der Waals surface area (Å²) in [6.07, 6.45) is 2.82. The first-order valence-electron chi connectivity index (χ1n) is 9.91. The van der Waals surface area contributed by atoms with Crippen molar-refractivity contribution in [2.24, 2.45) is 0 Å². The Morgan fingerprint density at radius 1 is 1.16 bits per heavy atom. The topological polar surface area (TPSA) is 80.3 Å². The Hall–Kier alpha value is -3.33. The van der Waals surface area contributed by atoms with E-state index in [1.807, 2.05) is 12.1 Å². The summed E-state index contributed by atoms with van der Waals surface area (Å²) in [4.78, 5) is 26.6. The number of rotatable bonds is 6. The summed E-state index contributed by atoms with van der Waals surface area (Å²) in [5.41, 5.74) is 2.73. The highest BCUT2D eigenvalue weighted by atomic mass is 19.3. The van der Waals surface area contributed by atoms with Crippen LogP contribution in [0.3, 0.4) is 0 Å². The first-order valence-corrected chi connectivity index (χ1v) is 9.91. The van der Waals surface area contributed by atoms with E-state index in [4.69, 9.17) is 4.74 Å². The summed E-state index contributed by atoms with van der Waals surface area (Å²) in [6.45, 7) is -1.06. The Morgan fingerprint density at radius 2 is 2.00 bits per heavy atom. The number of nitrogens with one attached hydrogen (secondary N) is 1. The van der Waals surface area contributed by atoms with Crippen LogP contribution in [0.15, 0.2) is 47.4 Å². The van der Waals surface area contributed by atoms with Crippen LogP contribution in [0.25, 0.3) is 11.5 Å². The predicted molar refractivity (Wildman–Crippen MR) is 110 cm³/mol. The normalized spacial score (nSPS) is 14.2. The number of benzene rings is 1. The lowest BCUT2D eigenvalue weighted by Crippen LogP contribution is -2.26. The van der Waals surface area contributed by atoms with Gasteiger partial charge in [-0.1, -0.05) is 12.1 Å². The van der Waals surface area contributed by atoms with Crippen molar-refractivity contribution in [3.8, 4) is 23.0 Å². The zero-order chi connectivity index (χ0) is 21.8. The van der Waals surface area contributed by atoms with Gasteiger partial charge in [0.1, 0.15) is 5.69 Å².